The molecule has 152 valence electrons. The lowest BCUT2D eigenvalue weighted by molar-refractivity contribution is -0.113. The van der Waals surface area contributed by atoms with Gasteiger partial charge in [0.05, 0.1) is 18.6 Å². The minimum Gasteiger partial charge on any atom is -0.493 e. The fourth-order valence-electron chi connectivity index (χ4n) is 2.94. The molecular formula is C22H19N3O4S. The van der Waals surface area contributed by atoms with Gasteiger partial charge in [0, 0.05) is 40.2 Å². The molecule has 4 rings (SSSR count). The first-order valence-corrected chi connectivity index (χ1v) is 10.2. The van der Waals surface area contributed by atoms with Crippen molar-refractivity contribution in [3.05, 3.63) is 72.1 Å². The van der Waals surface area contributed by atoms with Crippen molar-refractivity contribution in [1.29, 1.82) is 0 Å². The van der Waals surface area contributed by atoms with E-state index in [0.29, 0.717) is 40.8 Å². The number of anilines is 2. The van der Waals surface area contributed by atoms with Crippen LogP contribution in [-0.2, 0) is 11.4 Å². The Morgan fingerprint density at radius 3 is 2.90 bits per heavy atom. The van der Waals surface area contributed by atoms with E-state index in [1.807, 2.05) is 18.2 Å². The van der Waals surface area contributed by atoms with E-state index in [9.17, 15) is 9.59 Å². The lowest BCUT2D eigenvalue weighted by Gasteiger charge is -2.17. The molecule has 1 aromatic heterocycles. The number of nitrogens with one attached hydrogen (secondary N) is 2. The number of nitrogens with zero attached hydrogens (tertiary/aromatic N) is 1. The van der Waals surface area contributed by atoms with Gasteiger partial charge in [0.1, 0.15) is 6.61 Å². The molecule has 8 heteroatoms. The minimum atomic E-state index is -0.286. The van der Waals surface area contributed by atoms with Crippen LogP contribution in [0.5, 0.6) is 11.5 Å². The Hall–Kier alpha value is -3.52. The molecule has 2 heterocycles. The van der Waals surface area contributed by atoms with Crippen LogP contribution in [-0.4, -0.2) is 29.7 Å². The predicted octanol–water partition coefficient (Wildman–Crippen LogP) is 3.97. The molecule has 0 unspecified atom stereocenters. The molecule has 1 aliphatic rings. The van der Waals surface area contributed by atoms with Gasteiger partial charge in [0.25, 0.3) is 5.91 Å². The molecule has 0 saturated carbocycles. The molecule has 0 atom stereocenters. The lowest BCUT2D eigenvalue weighted by Crippen LogP contribution is -2.19. The highest BCUT2D eigenvalue weighted by atomic mass is 32.2. The number of hydrogen-bond acceptors (Lipinski definition) is 6. The van der Waals surface area contributed by atoms with Gasteiger partial charge in [-0.3, -0.25) is 14.6 Å². The second-order valence-electron chi connectivity index (χ2n) is 6.52. The zero-order chi connectivity index (χ0) is 20.9. The molecule has 0 aliphatic carbocycles. The van der Waals surface area contributed by atoms with Crippen LogP contribution < -0.4 is 20.1 Å². The zero-order valence-corrected chi connectivity index (χ0v) is 17.0. The first kappa shape index (κ1) is 19.8. The van der Waals surface area contributed by atoms with Crippen molar-refractivity contribution in [3.8, 4) is 11.5 Å². The summed E-state index contributed by atoms with van der Waals surface area (Å²) in [7, 11) is 1.56. The summed E-state index contributed by atoms with van der Waals surface area (Å²) >= 11 is 1.45. The summed E-state index contributed by atoms with van der Waals surface area (Å²) in [6, 6.07) is 14.2. The van der Waals surface area contributed by atoms with E-state index in [2.05, 4.69) is 15.6 Å². The van der Waals surface area contributed by atoms with Crippen molar-refractivity contribution < 1.29 is 19.1 Å². The predicted molar refractivity (Wildman–Crippen MR) is 115 cm³/mol. The zero-order valence-electron chi connectivity index (χ0n) is 16.2. The van der Waals surface area contributed by atoms with Crippen molar-refractivity contribution >= 4 is 35.0 Å². The van der Waals surface area contributed by atoms with Crippen molar-refractivity contribution in [2.45, 2.75) is 11.5 Å². The quantitative estimate of drug-likeness (QED) is 0.626. The molecule has 0 bridgehead atoms. The Morgan fingerprint density at radius 1 is 1.20 bits per heavy atom. The van der Waals surface area contributed by atoms with E-state index in [-0.39, 0.29) is 11.8 Å². The second kappa shape index (κ2) is 8.87. The number of thioether (sulfide) groups is 1. The Bertz CT molecular complexity index is 1090. The number of hydrogen-bond donors (Lipinski definition) is 2. The monoisotopic (exact) mass is 421 g/mol. The molecule has 0 radical (unpaired) electrons. The van der Waals surface area contributed by atoms with Crippen LogP contribution >= 0.6 is 11.8 Å². The maximum absolute atomic E-state index is 12.7. The molecule has 0 saturated heterocycles. The summed E-state index contributed by atoms with van der Waals surface area (Å²) in [5.41, 5.74) is 2.59. The Labute approximate surface area is 177 Å². The minimum absolute atomic E-state index is 0.0735. The molecule has 0 spiro atoms. The molecule has 7 nitrogen and oxygen atoms in total. The normalized spacial score (nSPS) is 12.5. The van der Waals surface area contributed by atoms with Crippen molar-refractivity contribution in [2.75, 3.05) is 23.5 Å². The number of fused-ring (bicyclic) bond motifs is 1. The van der Waals surface area contributed by atoms with Gasteiger partial charge in [-0.05, 0) is 36.4 Å². The summed E-state index contributed by atoms with van der Waals surface area (Å²) in [5.74, 6) is 1.09. The third kappa shape index (κ3) is 4.55. The molecule has 1 aliphatic heterocycles. The van der Waals surface area contributed by atoms with E-state index in [1.54, 1.807) is 49.8 Å². The fourth-order valence-corrected chi connectivity index (χ4v) is 3.73. The number of amides is 2. The highest BCUT2D eigenvalue weighted by molar-refractivity contribution is 8.00. The number of carbonyl (C=O) groups excluding carboxylic acids is 2. The maximum atomic E-state index is 12.7. The number of pyridine rings is 1. The fraction of sp³-hybridized carbons (Fsp3) is 0.136. The van der Waals surface area contributed by atoms with Gasteiger partial charge in [-0.1, -0.05) is 6.07 Å². The summed E-state index contributed by atoms with van der Waals surface area (Å²) < 4.78 is 11.2. The number of ether oxygens (including phenoxy) is 2. The van der Waals surface area contributed by atoms with Crippen molar-refractivity contribution in [3.63, 3.8) is 0 Å². The van der Waals surface area contributed by atoms with Crippen molar-refractivity contribution in [2.24, 2.45) is 0 Å². The number of carbonyl (C=O) groups is 2. The SMILES string of the molecule is COc1ccc(NC(=O)c2ccc3c(c2)NC(=O)CS3)cc1OCc1cccnc1. The highest BCUT2D eigenvalue weighted by Gasteiger charge is 2.18. The van der Waals surface area contributed by atoms with Crippen LogP contribution in [0.3, 0.4) is 0 Å². The standard InChI is InChI=1S/C22H19N3O4S/c1-28-18-6-5-16(10-19(18)29-12-14-3-2-8-23-11-14)24-22(27)15-4-7-20-17(9-15)25-21(26)13-30-20/h2-11H,12-13H2,1H3,(H,24,27)(H,25,26). The highest BCUT2D eigenvalue weighted by Crippen LogP contribution is 2.33. The number of aromatic nitrogens is 1. The maximum Gasteiger partial charge on any atom is 0.255 e. The van der Waals surface area contributed by atoms with E-state index in [1.165, 1.54) is 11.8 Å². The first-order valence-electron chi connectivity index (χ1n) is 9.20. The van der Waals surface area contributed by atoms with Crippen LogP contribution in [0.15, 0.2) is 65.8 Å². The summed E-state index contributed by atoms with van der Waals surface area (Å²) in [6.07, 6.45) is 3.43. The van der Waals surface area contributed by atoms with Gasteiger partial charge in [0.2, 0.25) is 5.91 Å². The van der Waals surface area contributed by atoms with Gasteiger partial charge in [-0.2, -0.15) is 0 Å². The lowest BCUT2D eigenvalue weighted by atomic mass is 10.1. The first-order chi connectivity index (χ1) is 14.6. The summed E-state index contributed by atoms with van der Waals surface area (Å²) in [5, 5.41) is 5.65. The van der Waals surface area contributed by atoms with Crippen molar-refractivity contribution in [1.82, 2.24) is 4.98 Å². The molecular weight excluding hydrogens is 402 g/mol. The molecule has 2 N–H and O–H groups in total. The number of benzene rings is 2. The molecule has 0 fully saturated rings. The summed E-state index contributed by atoms with van der Waals surface area (Å²) in [4.78, 5) is 29.3. The smallest absolute Gasteiger partial charge is 0.255 e. The average Bonchev–Trinajstić information content (AvgIpc) is 2.78. The Balaban J connectivity index is 1.49. The second-order valence-corrected chi connectivity index (χ2v) is 7.53. The van der Waals surface area contributed by atoms with Crippen LogP contribution in [0, 0.1) is 0 Å². The van der Waals surface area contributed by atoms with Gasteiger partial charge < -0.3 is 20.1 Å². The van der Waals surface area contributed by atoms with Crippen LogP contribution in [0.1, 0.15) is 15.9 Å². The van der Waals surface area contributed by atoms with Crippen LogP contribution in [0.4, 0.5) is 11.4 Å². The molecule has 30 heavy (non-hydrogen) atoms. The third-order valence-electron chi connectivity index (χ3n) is 4.41. The molecule has 2 aromatic carbocycles. The summed E-state index contributed by atoms with van der Waals surface area (Å²) in [6.45, 7) is 0.323. The topological polar surface area (TPSA) is 89.6 Å². The number of rotatable bonds is 6. The van der Waals surface area contributed by atoms with Gasteiger partial charge in [-0.25, -0.2) is 0 Å². The van der Waals surface area contributed by atoms with Gasteiger partial charge >= 0.3 is 0 Å². The molecule has 3 aromatic rings. The van der Waals surface area contributed by atoms with E-state index >= 15 is 0 Å². The van der Waals surface area contributed by atoms with E-state index in [4.69, 9.17) is 9.47 Å². The Morgan fingerprint density at radius 2 is 2.10 bits per heavy atom. The largest absolute Gasteiger partial charge is 0.493 e. The van der Waals surface area contributed by atoms with Crippen LogP contribution in [0.2, 0.25) is 0 Å². The number of methoxy groups -OCH3 is 1. The van der Waals surface area contributed by atoms with E-state index < -0.39 is 0 Å². The van der Waals surface area contributed by atoms with Gasteiger partial charge in [-0.15, -0.1) is 11.8 Å². The molecule has 2 amide bonds. The Kier molecular flexibility index (Phi) is 5.85. The average molecular weight is 421 g/mol. The third-order valence-corrected chi connectivity index (χ3v) is 5.49. The van der Waals surface area contributed by atoms with E-state index in [0.717, 1.165) is 10.5 Å². The van der Waals surface area contributed by atoms with Crippen LogP contribution in [0.25, 0.3) is 0 Å². The van der Waals surface area contributed by atoms with Gasteiger partial charge in [0.15, 0.2) is 11.5 Å².